The van der Waals surface area contributed by atoms with Gasteiger partial charge in [0.25, 0.3) is 5.91 Å². The van der Waals surface area contributed by atoms with Gasteiger partial charge in [0.05, 0.1) is 22.1 Å². The Labute approximate surface area is 135 Å². The number of hydrogen-bond acceptors (Lipinski definition) is 4. The Bertz CT molecular complexity index is 642. The molecule has 1 aromatic rings. The van der Waals surface area contributed by atoms with Crippen molar-refractivity contribution in [2.24, 2.45) is 0 Å². The summed E-state index contributed by atoms with van der Waals surface area (Å²) in [6, 6.07) is 4.11. The first kappa shape index (κ1) is 17.2. The summed E-state index contributed by atoms with van der Waals surface area (Å²) in [5, 5.41) is 11.4. The lowest BCUT2D eigenvalue weighted by molar-refractivity contribution is 0.0944. The Morgan fingerprint density at radius 1 is 1.27 bits per heavy atom. The molecule has 1 amide bonds. The molecule has 1 saturated heterocycles. The van der Waals surface area contributed by atoms with Gasteiger partial charge in [-0.2, -0.15) is 4.31 Å². The Hall–Kier alpha value is -1.15. The molecule has 0 unspecified atom stereocenters. The van der Waals surface area contributed by atoms with Crippen LogP contribution in [0.25, 0.3) is 0 Å². The number of piperidine rings is 1. The smallest absolute Gasteiger partial charge is 0.252 e. The van der Waals surface area contributed by atoms with Crippen LogP contribution in [0, 0.1) is 0 Å². The van der Waals surface area contributed by atoms with Crippen molar-refractivity contribution in [3.63, 3.8) is 0 Å². The molecule has 0 radical (unpaired) electrons. The van der Waals surface area contributed by atoms with E-state index in [2.05, 4.69) is 5.32 Å². The number of sulfonamides is 1. The van der Waals surface area contributed by atoms with Crippen LogP contribution in [-0.2, 0) is 10.0 Å². The minimum absolute atomic E-state index is 0.0629. The summed E-state index contributed by atoms with van der Waals surface area (Å²) in [4.78, 5) is 12.0. The standard InChI is InChI=1S/C14H19ClN2O4S/c15-13-5-4-11(10-12(13)14(19)16-6-9-18)22(20,21)17-7-2-1-3-8-17/h4-5,10,18H,1-3,6-9H2,(H,16,19). The molecule has 6 nitrogen and oxygen atoms in total. The lowest BCUT2D eigenvalue weighted by Crippen LogP contribution is -2.35. The lowest BCUT2D eigenvalue weighted by Gasteiger charge is -2.26. The molecule has 22 heavy (non-hydrogen) atoms. The molecule has 1 aliphatic heterocycles. The van der Waals surface area contributed by atoms with Crippen molar-refractivity contribution >= 4 is 27.5 Å². The van der Waals surface area contributed by atoms with Gasteiger partial charge >= 0.3 is 0 Å². The van der Waals surface area contributed by atoms with Crippen LogP contribution in [0.5, 0.6) is 0 Å². The third-order valence-corrected chi connectivity index (χ3v) is 5.76. The summed E-state index contributed by atoms with van der Waals surface area (Å²) in [7, 11) is -3.61. The molecule has 0 spiro atoms. The highest BCUT2D eigenvalue weighted by Crippen LogP contribution is 2.25. The molecule has 122 valence electrons. The van der Waals surface area contributed by atoms with Gasteiger partial charge < -0.3 is 10.4 Å². The van der Waals surface area contributed by atoms with Gasteiger partial charge in [-0.1, -0.05) is 18.0 Å². The van der Waals surface area contributed by atoms with E-state index in [-0.39, 0.29) is 28.6 Å². The van der Waals surface area contributed by atoms with E-state index in [1.807, 2.05) is 0 Å². The van der Waals surface area contributed by atoms with Crippen LogP contribution in [0.15, 0.2) is 23.1 Å². The highest BCUT2D eigenvalue weighted by molar-refractivity contribution is 7.89. The maximum absolute atomic E-state index is 12.6. The number of nitrogens with one attached hydrogen (secondary N) is 1. The third kappa shape index (κ3) is 3.78. The quantitative estimate of drug-likeness (QED) is 0.839. The highest BCUT2D eigenvalue weighted by Gasteiger charge is 2.27. The van der Waals surface area contributed by atoms with Gasteiger partial charge in [-0.05, 0) is 31.0 Å². The first-order valence-corrected chi connectivity index (χ1v) is 8.97. The van der Waals surface area contributed by atoms with Crippen molar-refractivity contribution in [2.45, 2.75) is 24.2 Å². The summed E-state index contributed by atoms with van der Waals surface area (Å²) >= 11 is 5.97. The van der Waals surface area contributed by atoms with E-state index in [1.54, 1.807) is 0 Å². The number of aliphatic hydroxyl groups is 1. The van der Waals surface area contributed by atoms with Crippen molar-refractivity contribution in [1.29, 1.82) is 0 Å². The molecule has 1 fully saturated rings. The average Bonchev–Trinajstić information content (AvgIpc) is 2.53. The zero-order chi connectivity index (χ0) is 16.2. The molecule has 0 atom stereocenters. The SMILES string of the molecule is O=C(NCCO)c1cc(S(=O)(=O)N2CCCCC2)ccc1Cl. The second kappa shape index (κ2) is 7.41. The number of hydrogen-bond donors (Lipinski definition) is 2. The van der Waals surface area contributed by atoms with Gasteiger partial charge in [0.2, 0.25) is 10.0 Å². The van der Waals surface area contributed by atoms with Crippen molar-refractivity contribution in [3.8, 4) is 0 Å². The largest absolute Gasteiger partial charge is 0.395 e. The van der Waals surface area contributed by atoms with Gasteiger partial charge in [-0.3, -0.25) is 4.79 Å². The maximum Gasteiger partial charge on any atom is 0.252 e. The lowest BCUT2D eigenvalue weighted by atomic mass is 10.2. The summed E-state index contributed by atoms with van der Waals surface area (Å²) < 4.78 is 26.6. The number of amides is 1. The van der Waals surface area contributed by atoms with E-state index in [0.29, 0.717) is 13.1 Å². The third-order valence-electron chi connectivity index (χ3n) is 3.53. The molecule has 0 saturated carbocycles. The van der Waals surface area contributed by atoms with Crippen LogP contribution in [0.1, 0.15) is 29.6 Å². The van der Waals surface area contributed by atoms with Crippen LogP contribution >= 0.6 is 11.6 Å². The molecule has 2 rings (SSSR count). The molecule has 1 heterocycles. The van der Waals surface area contributed by atoms with E-state index in [4.69, 9.17) is 16.7 Å². The van der Waals surface area contributed by atoms with Gasteiger partial charge in [-0.15, -0.1) is 0 Å². The number of carbonyl (C=O) groups is 1. The number of nitrogens with zero attached hydrogens (tertiary/aromatic N) is 1. The minimum atomic E-state index is -3.61. The van der Waals surface area contributed by atoms with E-state index in [9.17, 15) is 13.2 Å². The maximum atomic E-state index is 12.6. The predicted molar refractivity (Wildman–Crippen MR) is 83.5 cm³/mol. The summed E-state index contributed by atoms with van der Waals surface area (Å²) in [5.74, 6) is -0.505. The van der Waals surface area contributed by atoms with Crippen molar-refractivity contribution in [2.75, 3.05) is 26.2 Å². The van der Waals surface area contributed by atoms with E-state index < -0.39 is 15.9 Å². The molecule has 2 N–H and O–H groups in total. The molecule has 0 aromatic heterocycles. The molecule has 0 bridgehead atoms. The first-order valence-electron chi connectivity index (χ1n) is 7.15. The monoisotopic (exact) mass is 346 g/mol. The summed E-state index contributed by atoms with van der Waals surface area (Å²) in [5.41, 5.74) is 0.0909. The van der Waals surface area contributed by atoms with Crippen LogP contribution in [-0.4, -0.2) is 50.0 Å². The molecule has 1 aliphatic rings. The van der Waals surface area contributed by atoms with Gasteiger partial charge in [0.1, 0.15) is 0 Å². The second-order valence-corrected chi connectivity index (χ2v) is 7.43. The van der Waals surface area contributed by atoms with Crippen molar-refractivity contribution < 1.29 is 18.3 Å². The van der Waals surface area contributed by atoms with Crippen molar-refractivity contribution in [3.05, 3.63) is 28.8 Å². The number of rotatable bonds is 5. The molecule has 0 aliphatic carbocycles. The van der Waals surface area contributed by atoms with Crippen LogP contribution in [0.2, 0.25) is 5.02 Å². The van der Waals surface area contributed by atoms with E-state index in [0.717, 1.165) is 19.3 Å². The van der Waals surface area contributed by atoms with Gasteiger partial charge in [-0.25, -0.2) is 8.42 Å². The Kier molecular flexibility index (Phi) is 5.80. The molecular weight excluding hydrogens is 328 g/mol. The normalized spacial score (nSPS) is 16.5. The topological polar surface area (TPSA) is 86.7 Å². The molecular formula is C14H19ClN2O4S. The number of benzene rings is 1. The Morgan fingerprint density at radius 3 is 2.59 bits per heavy atom. The number of halogens is 1. The van der Waals surface area contributed by atoms with E-state index >= 15 is 0 Å². The number of aliphatic hydroxyl groups excluding tert-OH is 1. The minimum Gasteiger partial charge on any atom is -0.395 e. The summed E-state index contributed by atoms with van der Waals surface area (Å²) in [6.07, 6.45) is 2.72. The van der Waals surface area contributed by atoms with Crippen molar-refractivity contribution in [1.82, 2.24) is 9.62 Å². The van der Waals surface area contributed by atoms with Crippen LogP contribution in [0.3, 0.4) is 0 Å². The van der Waals surface area contributed by atoms with Gasteiger partial charge in [0.15, 0.2) is 0 Å². The number of carbonyl (C=O) groups excluding carboxylic acids is 1. The van der Waals surface area contributed by atoms with Gasteiger partial charge in [0, 0.05) is 19.6 Å². The first-order chi connectivity index (χ1) is 10.5. The molecule has 8 heteroatoms. The fourth-order valence-corrected chi connectivity index (χ4v) is 4.11. The van der Waals surface area contributed by atoms with Crippen LogP contribution < -0.4 is 5.32 Å². The highest BCUT2D eigenvalue weighted by atomic mass is 35.5. The zero-order valence-electron chi connectivity index (χ0n) is 12.1. The zero-order valence-corrected chi connectivity index (χ0v) is 13.7. The van der Waals surface area contributed by atoms with E-state index in [1.165, 1.54) is 22.5 Å². The summed E-state index contributed by atoms with van der Waals surface area (Å²) in [6.45, 7) is 0.876. The molecule has 1 aromatic carbocycles. The average molecular weight is 347 g/mol. The second-order valence-electron chi connectivity index (χ2n) is 5.09. The Balaban J connectivity index is 2.30. The predicted octanol–water partition coefficient (Wildman–Crippen LogP) is 1.24. The Morgan fingerprint density at radius 2 is 1.95 bits per heavy atom. The fourth-order valence-electron chi connectivity index (χ4n) is 2.36. The van der Waals surface area contributed by atoms with Crippen LogP contribution in [0.4, 0.5) is 0 Å². The fraction of sp³-hybridized carbons (Fsp3) is 0.500.